The Morgan fingerprint density at radius 2 is 2.12 bits per heavy atom. The molecule has 11 heteroatoms. The molecule has 0 unspecified atom stereocenters. The summed E-state index contributed by atoms with van der Waals surface area (Å²) in [5.74, 6) is -1.03. The summed E-state index contributed by atoms with van der Waals surface area (Å²) >= 11 is 0. The SMILES string of the molecule is CON(C)S(=O)(=O)c1cccc(C(=O)NCC(=O)Nc2cn[nH]c2)c1. The van der Waals surface area contributed by atoms with Crippen molar-refractivity contribution in [2.45, 2.75) is 4.90 Å². The van der Waals surface area contributed by atoms with Crippen LogP contribution in [-0.2, 0) is 19.7 Å². The lowest BCUT2D eigenvalue weighted by Crippen LogP contribution is -2.33. The fourth-order valence-electron chi connectivity index (χ4n) is 1.83. The van der Waals surface area contributed by atoms with E-state index >= 15 is 0 Å². The molecule has 0 saturated carbocycles. The molecule has 1 aromatic carbocycles. The maximum atomic E-state index is 12.2. The quantitative estimate of drug-likeness (QED) is 0.588. The summed E-state index contributed by atoms with van der Waals surface area (Å²) < 4.78 is 25.0. The normalized spacial score (nSPS) is 11.3. The Labute approximate surface area is 144 Å². The second-order valence-corrected chi connectivity index (χ2v) is 6.78. The van der Waals surface area contributed by atoms with E-state index in [0.29, 0.717) is 10.2 Å². The molecule has 1 aromatic heterocycles. The van der Waals surface area contributed by atoms with E-state index in [1.165, 1.54) is 50.8 Å². The minimum Gasteiger partial charge on any atom is -0.343 e. The van der Waals surface area contributed by atoms with Gasteiger partial charge in [0.1, 0.15) is 0 Å². The number of aromatic amines is 1. The lowest BCUT2D eigenvalue weighted by molar-refractivity contribution is -0.115. The van der Waals surface area contributed by atoms with Gasteiger partial charge in [-0.2, -0.15) is 5.10 Å². The molecule has 1 heterocycles. The van der Waals surface area contributed by atoms with E-state index in [1.807, 2.05) is 0 Å². The van der Waals surface area contributed by atoms with Crippen LogP contribution in [0.1, 0.15) is 10.4 Å². The first kappa shape index (κ1) is 18.6. The molecule has 0 aliphatic rings. The Bertz CT molecular complexity index is 850. The molecule has 0 spiro atoms. The van der Waals surface area contributed by atoms with E-state index in [2.05, 4.69) is 25.7 Å². The summed E-state index contributed by atoms with van der Waals surface area (Å²) in [6.07, 6.45) is 2.90. The van der Waals surface area contributed by atoms with Gasteiger partial charge in [-0.3, -0.25) is 19.5 Å². The third-order valence-electron chi connectivity index (χ3n) is 3.18. The maximum absolute atomic E-state index is 12.2. The Hall–Kier alpha value is -2.76. The number of rotatable bonds is 7. The van der Waals surface area contributed by atoms with E-state index in [0.717, 1.165) is 0 Å². The van der Waals surface area contributed by atoms with Crippen molar-refractivity contribution in [2.24, 2.45) is 0 Å². The summed E-state index contributed by atoms with van der Waals surface area (Å²) in [7, 11) is -1.42. The molecule has 0 bridgehead atoms. The number of hydrogen-bond acceptors (Lipinski definition) is 6. The third kappa shape index (κ3) is 4.62. The van der Waals surface area contributed by atoms with Gasteiger partial charge in [-0.25, -0.2) is 8.42 Å². The van der Waals surface area contributed by atoms with Gasteiger partial charge in [0.2, 0.25) is 5.91 Å². The second kappa shape index (κ2) is 7.88. The molecule has 25 heavy (non-hydrogen) atoms. The molecule has 0 radical (unpaired) electrons. The highest BCUT2D eigenvalue weighted by Crippen LogP contribution is 2.16. The number of nitrogens with zero attached hydrogens (tertiary/aromatic N) is 2. The molecule has 0 saturated heterocycles. The van der Waals surface area contributed by atoms with Crippen molar-refractivity contribution in [1.82, 2.24) is 20.0 Å². The van der Waals surface area contributed by atoms with Crippen molar-refractivity contribution >= 4 is 27.5 Å². The van der Waals surface area contributed by atoms with Crippen LogP contribution in [0.4, 0.5) is 5.69 Å². The zero-order chi connectivity index (χ0) is 18.4. The van der Waals surface area contributed by atoms with E-state index in [-0.39, 0.29) is 17.0 Å². The molecular weight excluding hydrogens is 350 g/mol. The number of H-pyrrole nitrogens is 1. The smallest absolute Gasteiger partial charge is 0.264 e. The predicted molar refractivity (Wildman–Crippen MR) is 88.0 cm³/mol. The second-order valence-electron chi connectivity index (χ2n) is 4.84. The molecular formula is C14H17N5O5S. The minimum atomic E-state index is -3.87. The summed E-state index contributed by atoms with van der Waals surface area (Å²) in [5.41, 5.74) is 0.566. The average molecular weight is 367 g/mol. The van der Waals surface area contributed by atoms with Gasteiger partial charge in [-0.05, 0) is 18.2 Å². The Kier molecular flexibility index (Phi) is 5.85. The highest BCUT2D eigenvalue weighted by Gasteiger charge is 2.22. The fraction of sp³-hybridized carbons (Fsp3) is 0.214. The maximum Gasteiger partial charge on any atom is 0.264 e. The first-order chi connectivity index (χ1) is 11.8. The number of carbonyl (C=O) groups excluding carboxylic acids is 2. The van der Waals surface area contributed by atoms with Gasteiger partial charge in [-0.1, -0.05) is 10.5 Å². The van der Waals surface area contributed by atoms with Gasteiger partial charge in [0.05, 0.1) is 30.4 Å². The van der Waals surface area contributed by atoms with E-state index in [9.17, 15) is 18.0 Å². The van der Waals surface area contributed by atoms with E-state index in [1.54, 1.807) is 0 Å². The summed E-state index contributed by atoms with van der Waals surface area (Å²) in [5, 5.41) is 11.1. The van der Waals surface area contributed by atoms with Gasteiger partial charge in [0.25, 0.3) is 15.9 Å². The highest BCUT2D eigenvalue weighted by atomic mass is 32.2. The van der Waals surface area contributed by atoms with Crippen LogP contribution in [0.3, 0.4) is 0 Å². The van der Waals surface area contributed by atoms with Crippen LogP contribution in [0, 0.1) is 0 Å². The van der Waals surface area contributed by atoms with Crippen LogP contribution in [-0.4, -0.2) is 55.6 Å². The molecule has 2 amide bonds. The van der Waals surface area contributed by atoms with Crippen molar-refractivity contribution in [1.29, 1.82) is 0 Å². The summed E-state index contributed by atoms with van der Waals surface area (Å²) in [4.78, 5) is 28.4. The molecule has 0 fully saturated rings. The summed E-state index contributed by atoms with van der Waals surface area (Å²) in [6, 6.07) is 5.41. The third-order valence-corrected chi connectivity index (χ3v) is 4.86. The molecule has 134 valence electrons. The zero-order valence-electron chi connectivity index (χ0n) is 13.5. The standard InChI is InChI=1S/C14H17N5O5S/c1-19(24-2)25(22,23)12-5-3-4-10(6-12)14(21)15-9-13(20)18-11-7-16-17-8-11/h3-8H,9H2,1-2H3,(H,15,21)(H,16,17)(H,18,20). The van der Waals surface area contributed by atoms with Crippen LogP contribution in [0.5, 0.6) is 0 Å². The van der Waals surface area contributed by atoms with E-state index < -0.39 is 21.8 Å². The number of amides is 2. The predicted octanol–water partition coefficient (Wildman–Crippen LogP) is -0.0399. The molecule has 0 aliphatic heterocycles. The number of sulfonamides is 1. The number of hydrogen-bond donors (Lipinski definition) is 3. The van der Waals surface area contributed by atoms with Crippen LogP contribution in [0.2, 0.25) is 0 Å². The Morgan fingerprint density at radius 3 is 2.76 bits per heavy atom. The Balaban J connectivity index is 2.02. The number of hydroxylamine groups is 1. The average Bonchev–Trinajstić information content (AvgIpc) is 3.11. The number of anilines is 1. The van der Waals surface area contributed by atoms with Crippen LogP contribution < -0.4 is 10.6 Å². The lowest BCUT2D eigenvalue weighted by atomic mass is 10.2. The van der Waals surface area contributed by atoms with Gasteiger partial charge in [0.15, 0.2) is 0 Å². The number of aromatic nitrogens is 2. The van der Waals surface area contributed by atoms with Gasteiger partial charge in [0, 0.05) is 18.8 Å². The molecule has 0 aliphatic carbocycles. The van der Waals surface area contributed by atoms with Gasteiger partial charge < -0.3 is 10.6 Å². The largest absolute Gasteiger partial charge is 0.343 e. The van der Waals surface area contributed by atoms with Crippen molar-refractivity contribution in [3.63, 3.8) is 0 Å². The topological polar surface area (TPSA) is 133 Å². The lowest BCUT2D eigenvalue weighted by Gasteiger charge is -2.14. The first-order valence-corrected chi connectivity index (χ1v) is 8.48. The van der Waals surface area contributed by atoms with Crippen LogP contribution in [0.15, 0.2) is 41.6 Å². The fourth-order valence-corrected chi connectivity index (χ4v) is 2.85. The Morgan fingerprint density at radius 1 is 1.36 bits per heavy atom. The molecule has 2 aromatic rings. The van der Waals surface area contributed by atoms with Crippen LogP contribution >= 0.6 is 0 Å². The van der Waals surface area contributed by atoms with Gasteiger partial charge >= 0.3 is 0 Å². The van der Waals surface area contributed by atoms with Crippen LogP contribution in [0.25, 0.3) is 0 Å². The monoisotopic (exact) mass is 367 g/mol. The highest BCUT2D eigenvalue weighted by molar-refractivity contribution is 7.89. The van der Waals surface area contributed by atoms with E-state index in [4.69, 9.17) is 0 Å². The van der Waals surface area contributed by atoms with Crippen molar-refractivity contribution in [3.8, 4) is 0 Å². The van der Waals surface area contributed by atoms with Crippen molar-refractivity contribution < 1.29 is 22.8 Å². The number of nitrogens with one attached hydrogen (secondary N) is 3. The number of carbonyl (C=O) groups is 2. The molecule has 3 N–H and O–H groups in total. The zero-order valence-corrected chi connectivity index (χ0v) is 14.3. The minimum absolute atomic E-state index is 0.0988. The van der Waals surface area contributed by atoms with Gasteiger partial charge in [-0.15, -0.1) is 0 Å². The molecule has 0 atom stereocenters. The first-order valence-electron chi connectivity index (χ1n) is 7.04. The van der Waals surface area contributed by atoms with Crippen molar-refractivity contribution in [2.75, 3.05) is 26.0 Å². The molecule has 2 rings (SSSR count). The molecule has 10 nitrogen and oxygen atoms in total. The number of benzene rings is 1. The summed E-state index contributed by atoms with van der Waals surface area (Å²) in [6.45, 7) is -0.279. The van der Waals surface area contributed by atoms with Crippen molar-refractivity contribution in [3.05, 3.63) is 42.2 Å².